The molecule has 0 aromatic carbocycles. The van der Waals surface area contributed by atoms with E-state index in [0.29, 0.717) is 0 Å². The molecular formula is C3H9Sm. The van der Waals surface area contributed by atoms with Crippen LogP contribution < -0.4 is 0 Å². The molecule has 0 fully saturated rings. The summed E-state index contributed by atoms with van der Waals surface area (Å²) in [7, 11) is 0. The van der Waals surface area contributed by atoms with Crippen LogP contribution in [-0.2, 0) is 0 Å². The van der Waals surface area contributed by atoms with Crippen molar-refractivity contribution in [3.8, 4) is 0 Å². The first-order valence-corrected chi connectivity index (χ1v) is 0. The Balaban J connectivity index is 0. The van der Waals surface area contributed by atoms with E-state index in [-0.39, 0.29) is 62.7 Å². The van der Waals surface area contributed by atoms with Gasteiger partial charge in [0.25, 0.3) is 0 Å². The van der Waals surface area contributed by atoms with Gasteiger partial charge in [0, 0.05) is 0 Å². The summed E-state index contributed by atoms with van der Waals surface area (Å²) in [5, 5.41) is 0. The average molecular weight is 195 g/mol. The van der Waals surface area contributed by atoms with Crippen LogP contribution in [0.15, 0.2) is 0 Å². The fourth-order valence-electron chi connectivity index (χ4n) is 0. The van der Waals surface area contributed by atoms with E-state index in [4.69, 9.17) is 0 Å². The predicted octanol–water partition coefficient (Wildman–Crippen LogP) is 1.35. The van der Waals surface area contributed by atoms with Gasteiger partial charge < -0.3 is 22.3 Å². The molecule has 0 spiro atoms. The van der Waals surface area contributed by atoms with Gasteiger partial charge in [-0.2, -0.15) is 0 Å². The van der Waals surface area contributed by atoms with E-state index in [0.717, 1.165) is 0 Å². The molecule has 0 heterocycles. The van der Waals surface area contributed by atoms with Crippen LogP contribution in [0.3, 0.4) is 0 Å². The summed E-state index contributed by atoms with van der Waals surface area (Å²) in [6.07, 6.45) is 0. The van der Waals surface area contributed by atoms with E-state index in [1.54, 1.807) is 0 Å². The van der Waals surface area contributed by atoms with Gasteiger partial charge in [0.05, 0.1) is 0 Å². The van der Waals surface area contributed by atoms with Crippen molar-refractivity contribution in [1.82, 2.24) is 0 Å². The van der Waals surface area contributed by atoms with Crippen molar-refractivity contribution in [1.29, 1.82) is 0 Å². The van der Waals surface area contributed by atoms with Crippen molar-refractivity contribution in [2.45, 2.75) is 0 Å². The van der Waals surface area contributed by atoms with E-state index >= 15 is 0 Å². The van der Waals surface area contributed by atoms with Crippen LogP contribution in [0, 0.1) is 62.7 Å². The zero-order valence-electron chi connectivity index (χ0n) is 3.41. The van der Waals surface area contributed by atoms with Crippen LogP contribution in [0.1, 0.15) is 0 Å². The first kappa shape index (κ1) is 56.1. The molecule has 0 rings (SSSR count). The normalized spacial score (nSPS) is 0. The Morgan fingerprint density at radius 3 is 0.500 bits per heavy atom. The summed E-state index contributed by atoms with van der Waals surface area (Å²) in [4.78, 5) is 0. The van der Waals surface area contributed by atoms with Gasteiger partial charge in [-0.15, -0.1) is 0 Å². The molecule has 0 nitrogen and oxygen atoms in total. The minimum Gasteiger partial charge on any atom is -0.358 e. The monoisotopic (exact) mass is 197 g/mol. The fourth-order valence-corrected chi connectivity index (χ4v) is 0. The molecule has 0 saturated carbocycles. The SMILES string of the molecule is [CH3-].[CH3-].[CH3-].[Sm+3]. The Morgan fingerprint density at radius 2 is 0.500 bits per heavy atom. The van der Waals surface area contributed by atoms with Crippen LogP contribution in [0.2, 0.25) is 0 Å². The van der Waals surface area contributed by atoms with Crippen molar-refractivity contribution >= 4 is 0 Å². The molecule has 0 N–H and O–H groups in total. The zero-order chi connectivity index (χ0) is 0. The Bertz CT molecular complexity index is 3.25. The maximum absolute atomic E-state index is 0. The summed E-state index contributed by atoms with van der Waals surface area (Å²) in [6, 6.07) is 0. The van der Waals surface area contributed by atoms with Gasteiger partial charge in [-0.1, -0.05) is 0 Å². The van der Waals surface area contributed by atoms with Gasteiger partial charge in [-0.25, -0.2) is 0 Å². The first-order chi connectivity index (χ1) is 0. The summed E-state index contributed by atoms with van der Waals surface area (Å²) < 4.78 is 0. The van der Waals surface area contributed by atoms with Crippen LogP contribution >= 0.6 is 0 Å². The summed E-state index contributed by atoms with van der Waals surface area (Å²) >= 11 is 0. The van der Waals surface area contributed by atoms with Crippen molar-refractivity contribution in [2.24, 2.45) is 0 Å². The van der Waals surface area contributed by atoms with E-state index in [9.17, 15) is 0 Å². The van der Waals surface area contributed by atoms with Crippen LogP contribution in [-0.4, -0.2) is 0 Å². The Labute approximate surface area is 62.1 Å². The second-order valence-electron chi connectivity index (χ2n) is 0. The van der Waals surface area contributed by atoms with Crippen molar-refractivity contribution in [2.75, 3.05) is 0 Å². The number of hydrogen-bond acceptors (Lipinski definition) is 0. The van der Waals surface area contributed by atoms with E-state index < -0.39 is 0 Å². The molecule has 1 radical (unpaired) electrons. The van der Waals surface area contributed by atoms with Gasteiger partial charge in [-0.05, 0) is 0 Å². The summed E-state index contributed by atoms with van der Waals surface area (Å²) in [5.41, 5.74) is 0. The maximum atomic E-state index is 0. The molecule has 0 aliphatic heterocycles. The number of hydrogen-bond donors (Lipinski definition) is 0. The smallest absolute Gasteiger partial charge is 0.358 e. The van der Waals surface area contributed by atoms with Crippen LogP contribution in [0.25, 0.3) is 0 Å². The largest absolute Gasteiger partial charge is 3.00 e. The molecule has 0 bridgehead atoms. The quantitative estimate of drug-likeness (QED) is 0.512. The van der Waals surface area contributed by atoms with Gasteiger partial charge >= 0.3 is 40.4 Å². The molecule has 4 heavy (non-hydrogen) atoms. The Morgan fingerprint density at radius 1 is 0.500 bits per heavy atom. The zero-order valence-corrected chi connectivity index (χ0v) is 6.03. The molecule has 0 atom stereocenters. The molecule has 0 unspecified atom stereocenters. The van der Waals surface area contributed by atoms with Gasteiger partial charge in [-0.3, -0.25) is 0 Å². The standard InChI is InChI=1S/3CH3.Sm/h3*1H3;/q3*-1;+3. The molecule has 0 amide bonds. The maximum Gasteiger partial charge on any atom is 3.00 e. The minimum absolute atomic E-state index is 0. The van der Waals surface area contributed by atoms with E-state index in [2.05, 4.69) is 0 Å². The van der Waals surface area contributed by atoms with Gasteiger partial charge in [0.2, 0.25) is 0 Å². The fraction of sp³-hybridized carbons (Fsp3) is 0. The van der Waals surface area contributed by atoms with Crippen LogP contribution in [0.5, 0.6) is 0 Å². The molecule has 1 heteroatoms. The molecule has 0 aromatic rings. The van der Waals surface area contributed by atoms with Crippen LogP contribution in [0.4, 0.5) is 0 Å². The Hall–Kier alpha value is 1.34. The Kier molecular flexibility index (Phi) is 379. The summed E-state index contributed by atoms with van der Waals surface area (Å²) in [6.45, 7) is 0. The van der Waals surface area contributed by atoms with Crippen molar-refractivity contribution in [3.63, 3.8) is 0 Å². The molecule has 0 aliphatic carbocycles. The average Bonchev–Trinajstić information content (AvgIpc) is 0. The third-order valence-electron chi connectivity index (χ3n) is 0. The summed E-state index contributed by atoms with van der Waals surface area (Å²) in [5.74, 6) is 0. The van der Waals surface area contributed by atoms with E-state index in [1.165, 1.54) is 0 Å². The predicted molar refractivity (Wildman–Crippen MR) is 19.2 cm³/mol. The van der Waals surface area contributed by atoms with Crippen molar-refractivity contribution < 1.29 is 40.4 Å². The topological polar surface area (TPSA) is 0 Å². The molecule has 0 aromatic heterocycles. The first-order valence-electron chi connectivity index (χ1n) is 0. The second kappa shape index (κ2) is 27.0. The minimum atomic E-state index is 0. The van der Waals surface area contributed by atoms with Gasteiger partial charge in [0.1, 0.15) is 0 Å². The molecule has 0 saturated heterocycles. The third-order valence-corrected chi connectivity index (χ3v) is 0. The number of rotatable bonds is 0. The van der Waals surface area contributed by atoms with Gasteiger partial charge in [0.15, 0.2) is 0 Å². The molecule has 0 aliphatic rings. The van der Waals surface area contributed by atoms with Crippen molar-refractivity contribution in [3.05, 3.63) is 22.3 Å². The third kappa shape index (κ3) is 10.2. The molecular weight excluding hydrogens is 186 g/mol. The molecule has 27 valence electrons. The van der Waals surface area contributed by atoms with E-state index in [1.807, 2.05) is 0 Å². The second-order valence-corrected chi connectivity index (χ2v) is 0.